The third-order valence-electron chi connectivity index (χ3n) is 1.10. The summed E-state index contributed by atoms with van der Waals surface area (Å²) < 4.78 is 0. The van der Waals surface area contributed by atoms with Gasteiger partial charge in [0.05, 0.1) is 6.42 Å². The second-order valence-electron chi connectivity index (χ2n) is 2.28. The highest BCUT2D eigenvalue weighted by atomic mass is 16.4. The Balaban J connectivity index is 3.89. The Morgan fingerprint density at radius 3 is 2.60 bits per heavy atom. The molecule has 0 amide bonds. The third kappa shape index (κ3) is 11.6. The number of carbonyl (C=O) groups is 1. The lowest BCUT2D eigenvalue weighted by atomic mass is 10.3. The van der Waals surface area contributed by atoms with E-state index in [9.17, 15) is 4.79 Å². The zero-order chi connectivity index (χ0) is 11.4. The van der Waals surface area contributed by atoms with Crippen LogP contribution in [0.1, 0.15) is 13.3 Å². The number of allylic oxidation sites excluding steroid dienone is 3. The van der Waals surface area contributed by atoms with Gasteiger partial charge in [-0.2, -0.15) is 0 Å². The first kappa shape index (κ1) is 12.6. The van der Waals surface area contributed by atoms with Crippen LogP contribution in [0.25, 0.3) is 0 Å². The van der Waals surface area contributed by atoms with Crippen molar-refractivity contribution in [3.05, 3.63) is 24.3 Å². The summed E-state index contributed by atoms with van der Waals surface area (Å²) in [4.78, 5) is 10.1. The molecule has 2 heteroatoms. The van der Waals surface area contributed by atoms with Crippen LogP contribution in [0.2, 0.25) is 0 Å². The predicted molar refractivity (Wildman–Crippen MR) is 59.5 cm³/mol. The highest BCUT2D eigenvalue weighted by Crippen LogP contribution is 1.83. The quantitative estimate of drug-likeness (QED) is 0.552. The second-order valence-corrected chi connectivity index (χ2v) is 2.28. The van der Waals surface area contributed by atoms with Crippen LogP contribution in [0.15, 0.2) is 24.3 Å². The van der Waals surface area contributed by atoms with Crippen LogP contribution in [-0.4, -0.2) is 11.1 Å². The van der Waals surface area contributed by atoms with Crippen LogP contribution >= 0.6 is 0 Å². The van der Waals surface area contributed by atoms with E-state index >= 15 is 0 Å². The lowest BCUT2D eigenvalue weighted by Crippen LogP contribution is -1.89. The van der Waals surface area contributed by atoms with E-state index in [0.29, 0.717) is 0 Å². The molecule has 0 atom stereocenters. The van der Waals surface area contributed by atoms with Crippen molar-refractivity contribution in [3.63, 3.8) is 0 Å². The summed E-state index contributed by atoms with van der Waals surface area (Å²) in [6.45, 7) is 1.70. The highest BCUT2D eigenvalue weighted by molar-refractivity contribution is 5.68. The summed E-state index contributed by atoms with van der Waals surface area (Å²) in [6.07, 6.45) is 6.43. The summed E-state index contributed by atoms with van der Waals surface area (Å²) in [6, 6.07) is 0. The van der Waals surface area contributed by atoms with E-state index in [1.165, 1.54) is 6.08 Å². The smallest absolute Gasteiger partial charge is 0.307 e. The van der Waals surface area contributed by atoms with Gasteiger partial charge in [-0.05, 0) is 36.7 Å². The van der Waals surface area contributed by atoms with Crippen molar-refractivity contribution in [2.75, 3.05) is 0 Å². The van der Waals surface area contributed by atoms with Gasteiger partial charge in [0.15, 0.2) is 0 Å². The van der Waals surface area contributed by atoms with Crippen molar-refractivity contribution in [2.45, 2.75) is 13.3 Å². The molecule has 0 aromatic heterocycles. The van der Waals surface area contributed by atoms with Gasteiger partial charge < -0.3 is 5.11 Å². The molecule has 0 aromatic carbocycles. The van der Waals surface area contributed by atoms with Gasteiger partial charge in [-0.1, -0.05) is 30.1 Å². The molecular formula is C13H10O2. The Kier molecular flexibility index (Phi) is 8.18. The van der Waals surface area contributed by atoms with Gasteiger partial charge in [-0.3, -0.25) is 4.79 Å². The van der Waals surface area contributed by atoms with E-state index in [0.717, 1.165) is 0 Å². The van der Waals surface area contributed by atoms with Crippen molar-refractivity contribution in [1.29, 1.82) is 0 Å². The first-order valence-electron chi connectivity index (χ1n) is 4.23. The summed E-state index contributed by atoms with van der Waals surface area (Å²) in [7, 11) is 0. The van der Waals surface area contributed by atoms with Crippen molar-refractivity contribution in [1.82, 2.24) is 0 Å². The van der Waals surface area contributed by atoms with Crippen molar-refractivity contribution in [3.8, 4) is 35.5 Å². The van der Waals surface area contributed by atoms with E-state index < -0.39 is 5.97 Å². The van der Waals surface area contributed by atoms with Crippen LogP contribution < -0.4 is 0 Å². The first-order chi connectivity index (χ1) is 7.27. The third-order valence-corrected chi connectivity index (χ3v) is 1.10. The van der Waals surface area contributed by atoms with Crippen molar-refractivity contribution < 1.29 is 9.90 Å². The SMILES string of the molecule is CC#CC#CC#C/C=C\C=C/CC(=O)O. The van der Waals surface area contributed by atoms with Gasteiger partial charge in [0.25, 0.3) is 0 Å². The molecule has 74 valence electrons. The standard InChI is InChI=1S/C13H10O2/c1-2-3-4-5-6-7-8-9-10-11-12-13(14)15/h8-11H,12H2,1H3,(H,14,15)/b9-8-,11-10-. The molecule has 0 spiro atoms. The number of carboxylic acid groups (broad SMARTS) is 1. The van der Waals surface area contributed by atoms with Crippen LogP contribution in [0.5, 0.6) is 0 Å². The Labute approximate surface area is 89.7 Å². The monoisotopic (exact) mass is 198 g/mol. The fraction of sp³-hybridized carbons (Fsp3) is 0.154. The minimum absolute atomic E-state index is 0.0175. The van der Waals surface area contributed by atoms with E-state index in [2.05, 4.69) is 35.5 Å². The van der Waals surface area contributed by atoms with E-state index in [4.69, 9.17) is 5.11 Å². The Hall–Kier alpha value is -2.37. The topological polar surface area (TPSA) is 37.3 Å². The number of hydrogen-bond acceptors (Lipinski definition) is 1. The lowest BCUT2D eigenvalue weighted by molar-refractivity contribution is -0.135. The minimum atomic E-state index is -0.852. The Bertz CT molecular complexity index is 434. The maximum absolute atomic E-state index is 10.1. The second kappa shape index (κ2) is 9.72. The lowest BCUT2D eigenvalue weighted by Gasteiger charge is -1.79. The number of rotatable bonds is 3. The summed E-state index contributed by atoms with van der Waals surface area (Å²) >= 11 is 0. The molecule has 2 nitrogen and oxygen atoms in total. The van der Waals surface area contributed by atoms with Gasteiger partial charge in [-0.15, -0.1) is 0 Å². The Morgan fingerprint density at radius 2 is 1.93 bits per heavy atom. The molecule has 0 unspecified atom stereocenters. The molecule has 0 heterocycles. The van der Waals surface area contributed by atoms with Crippen LogP contribution in [0, 0.1) is 35.5 Å². The molecule has 0 radical (unpaired) electrons. The molecule has 0 bridgehead atoms. The average molecular weight is 198 g/mol. The van der Waals surface area contributed by atoms with Gasteiger partial charge in [0.1, 0.15) is 0 Å². The molecule has 0 aliphatic rings. The average Bonchev–Trinajstić information content (AvgIpc) is 2.20. The molecule has 0 aromatic rings. The maximum atomic E-state index is 10.1. The van der Waals surface area contributed by atoms with Gasteiger partial charge in [-0.25, -0.2) is 0 Å². The van der Waals surface area contributed by atoms with Gasteiger partial charge >= 0.3 is 5.97 Å². The normalized spacial score (nSPS) is 8.33. The Morgan fingerprint density at radius 1 is 1.20 bits per heavy atom. The molecule has 0 saturated heterocycles. The molecule has 0 rings (SSSR count). The van der Waals surface area contributed by atoms with E-state index in [-0.39, 0.29) is 6.42 Å². The zero-order valence-corrected chi connectivity index (χ0v) is 8.37. The predicted octanol–water partition coefficient (Wildman–Crippen LogP) is 1.60. The van der Waals surface area contributed by atoms with Crippen molar-refractivity contribution in [2.24, 2.45) is 0 Å². The number of aliphatic carboxylic acids is 1. The fourth-order valence-corrected chi connectivity index (χ4v) is 0.554. The fourth-order valence-electron chi connectivity index (χ4n) is 0.554. The summed E-state index contributed by atoms with van der Waals surface area (Å²) in [5.41, 5.74) is 0. The van der Waals surface area contributed by atoms with Gasteiger partial charge in [0, 0.05) is 0 Å². The minimum Gasteiger partial charge on any atom is -0.481 e. The van der Waals surface area contributed by atoms with Gasteiger partial charge in [0.2, 0.25) is 0 Å². The highest BCUT2D eigenvalue weighted by Gasteiger charge is 1.86. The molecule has 0 saturated carbocycles. The molecule has 0 aliphatic carbocycles. The first-order valence-corrected chi connectivity index (χ1v) is 4.23. The van der Waals surface area contributed by atoms with Crippen LogP contribution in [0.3, 0.4) is 0 Å². The zero-order valence-electron chi connectivity index (χ0n) is 8.37. The molecule has 15 heavy (non-hydrogen) atoms. The van der Waals surface area contributed by atoms with E-state index in [1.54, 1.807) is 25.2 Å². The maximum Gasteiger partial charge on any atom is 0.307 e. The number of hydrogen-bond donors (Lipinski definition) is 1. The van der Waals surface area contributed by atoms with Crippen molar-refractivity contribution >= 4 is 5.97 Å². The molecule has 1 N–H and O–H groups in total. The number of carboxylic acids is 1. The van der Waals surface area contributed by atoms with Crippen LogP contribution in [0.4, 0.5) is 0 Å². The molecule has 0 aliphatic heterocycles. The van der Waals surface area contributed by atoms with E-state index in [1.807, 2.05) is 0 Å². The molecular weight excluding hydrogens is 188 g/mol. The summed E-state index contributed by atoms with van der Waals surface area (Å²) in [5, 5.41) is 8.30. The largest absolute Gasteiger partial charge is 0.481 e. The molecule has 0 fully saturated rings. The van der Waals surface area contributed by atoms with Crippen LogP contribution in [-0.2, 0) is 4.79 Å². The summed E-state index contributed by atoms with van der Waals surface area (Å²) in [5.74, 6) is 14.6.